The minimum Gasteiger partial charge on any atom is -0.476 e. The third-order valence-corrected chi connectivity index (χ3v) is 6.64. The molecular weight excluding hydrogens is 526 g/mol. The molecule has 0 aliphatic heterocycles. The predicted octanol–water partition coefficient (Wildman–Crippen LogP) is 6.23. The van der Waals surface area contributed by atoms with Crippen molar-refractivity contribution in [1.82, 2.24) is 4.98 Å². The monoisotopic (exact) mass is 555 g/mol. The zero-order valence-corrected chi connectivity index (χ0v) is 23.1. The van der Waals surface area contributed by atoms with Crippen LogP contribution in [0.1, 0.15) is 49.1 Å². The van der Waals surface area contributed by atoms with Gasteiger partial charge < -0.3 is 20.4 Å². The number of carbonyl (C=O) groups is 2. The number of aromatic nitrogens is 1. The number of esters is 1. The van der Waals surface area contributed by atoms with E-state index in [-0.39, 0.29) is 16.7 Å². The van der Waals surface area contributed by atoms with Crippen molar-refractivity contribution >= 4 is 34.1 Å². The number of anilines is 1. The Labute approximate surface area is 236 Å². The highest BCUT2D eigenvalue weighted by atomic mass is 32.1. The number of benzene rings is 3. The number of carboxylic acids is 1. The molecule has 0 aliphatic rings. The quantitative estimate of drug-likeness (QED) is 0.0626. The zero-order valence-electron chi connectivity index (χ0n) is 22.3. The Kier molecular flexibility index (Phi) is 8.45. The lowest BCUT2D eigenvalue weighted by Crippen LogP contribution is -2.25. The van der Waals surface area contributed by atoms with Crippen LogP contribution in [0.15, 0.2) is 102 Å². The highest BCUT2D eigenvalue weighted by Crippen LogP contribution is 2.41. The van der Waals surface area contributed by atoms with Crippen LogP contribution in [0.4, 0.5) is 5.13 Å². The van der Waals surface area contributed by atoms with Crippen molar-refractivity contribution in [2.45, 2.75) is 32.3 Å². The summed E-state index contributed by atoms with van der Waals surface area (Å²) in [5.41, 5.74) is 8.58. The van der Waals surface area contributed by atoms with E-state index in [0.717, 1.165) is 33.6 Å². The molecule has 9 heteroatoms. The van der Waals surface area contributed by atoms with E-state index in [0.29, 0.717) is 4.88 Å². The van der Waals surface area contributed by atoms with Crippen molar-refractivity contribution in [3.63, 3.8) is 0 Å². The van der Waals surface area contributed by atoms with Gasteiger partial charge in [-0.2, -0.15) is 0 Å². The van der Waals surface area contributed by atoms with Crippen molar-refractivity contribution < 1.29 is 24.3 Å². The number of rotatable bonds is 9. The number of aliphatic carboxylic acids is 1. The number of nitrogens with zero attached hydrogens (tertiary/aromatic N) is 2. The van der Waals surface area contributed by atoms with E-state index in [1.807, 2.05) is 60.7 Å². The highest BCUT2D eigenvalue weighted by Gasteiger charge is 2.28. The van der Waals surface area contributed by atoms with Gasteiger partial charge in [0.2, 0.25) is 11.5 Å². The van der Waals surface area contributed by atoms with Crippen LogP contribution in [0.2, 0.25) is 0 Å². The molecule has 0 bridgehead atoms. The molecule has 0 saturated heterocycles. The van der Waals surface area contributed by atoms with Gasteiger partial charge >= 0.3 is 11.9 Å². The fraction of sp³-hybridized carbons (Fsp3) is 0.161. The number of nitrogen functional groups attached to an aromatic ring is 1. The minimum atomic E-state index is -1.41. The molecule has 3 aromatic carbocycles. The summed E-state index contributed by atoms with van der Waals surface area (Å²) < 4.78 is 5.21. The number of hydrogen-bond donors (Lipinski definition) is 2. The molecule has 40 heavy (non-hydrogen) atoms. The Morgan fingerprint density at radius 1 is 0.950 bits per heavy atom. The molecule has 0 spiro atoms. The highest BCUT2D eigenvalue weighted by molar-refractivity contribution is 7.19. The second-order valence-electron chi connectivity index (χ2n) is 9.83. The molecule has 0 radical (unpaired) electrons. The normalized spacial score (nSPS) is 11.8. The van der Waals surface area contributed by atoms with Crippen LogP contribution >= 0.6 is 11.3 Å². The van der Waals surface area contributed by atoms with Gasteiger partial charge in [-0.05, 0) is 49.6 Å². The standard InChI is InChI=1S/C31H29N3O5S/c1-19(29(37)38-31(2,3)4)39-34-26(28(35)36)25-27(40-30(32)33-25)23-18-12-11-17-22(23)24(20-13-7-5-8-14-20)21-15-9-6-10-16-21/h5-18,24H,1H2,2-4H3,(H2,32,33)(H,35,36). The van der Waals surface area contributed by atoms with E-state index in [1.165, 1.54) is 0 Å². The lowest BCUT2D eigenvalue weighted by molar-refractivity contribution is -0.154. The van der Waals surface area contributed by atoms with Crippen molar-refractivity contribution in [1.29, 1.82) is 0 Å². The van der Waals surface area contributed by atoms with Gasteiger partial charge in [-0.25, -0.2) is 14.6 Å². The second-order valence-corrected chi connectivity index (χ2v) is 10.9. The van der Waals surface area contributed by atoms with Crippen molar-refractivity contribution in [2.24, 2.45) is 5.16 Å². The molecule has 0 atom stereocenters. The third kappa shape index (κ3) is 6.62. The van der Waals surface area contributed by atoms with Crippen LogP contribution in [0, 0.1) is 0 Å². The van der Waals surface area contributed by atoms with Gasteiger partial charge in [0.15, 0.2) is 5.13 Å². The van der Waals surface area contributed by atoms with E-state index in [2.05, 4.69) is 41.0 Å². The van der Waals surface area contributed by atoms with Crippen LogP contribution < -0.4 is 5.73 Å². The topological polar surface area (TPSA) is 124 Å². The fourth-order valence-electron chi connectivity index (χ4n) is 4.13. The van der Waals surface area contributed by atoms with Crippen LogP contribution in [-0.4, -0.2) is 33.3 Å². The van der Waals surface area contributed by atoms with Gasteiger partial charge in [0.1, 0.15) is 11.3 Å². The predicted molar refractivity (Wildman–Crippen MR) is 156 cm³/mol. The molecule has 3 N–H and O–H groups in total. The Morgan fingerprint density at radius 3 is 2.05 bits per heavy atom. The molecule has 204 valence electrons. The first-order valence-electron chi connectivity index (χ1n) is 12.4. The molecule has 8 nitrogen and oxygen atoms in total. The maximum Gasteiger partial charge on any atom is 0.376 e. The summed E-state index contributed by atoms with van der Waals surface area (Å²) in [6.07, 6.45) is 0. The molecule has 4 rings (SSSR count). The summed E-state index contributed by atoms with van der Waals surface area (Å²) in [5, 5.41) is 13.9. The van der Waals surface area contributed by atoms with Crippen LogP contribution in [0.3, 0.4) is 0 Å². The molecule has 1 aromatic heterocycles. The fourth-order valence-corrected chi connectivity index (χ4v) is 5.02. The number of nitrogens with two attached hydrogens (primary N) is 1. The van der Waals surface area contributed by atoms with Gasteiger partial charge in [0.05, 0.1) is 4.88 Å². The van der Waals surface area contributed by atoms with Crippen molar-refractivity contribution in [2.75, 3.05) is 5.73 Å². The molecule has 1 heterocycles. The number of oxime groups is 1. The summed E-state index contributed by atoms with van der Waals surface area (Å²) in [6, 6.07) is 27.7. The lowest BCUT2D eigenvalue weighted by atomic mass is 9.82. The zero-order chi connectivity index (χ0) is 28.9. The van der Waals surface area contributed by atoms with E-state index in [1.54, 1.807) is 20.8 Å². The minimum absolute atomic E-state index is 0.0133. The van der Waals surface area contributed by atoms with Gasteiger partial charge in [0.25, 0.3) is 0 Å². The average molecular weight is 556 g/mol. The number of carboxylic acid groups (broad SMARTS) is 1. The lowest BCUT2D eigenvalue weighted by Gasteiger charge is -2.22. The van der Waals surface area contributed by atoms with Gasteiger partial charge in [0, 0.05) is 5.92 Å². The van der Waals surface area contributed by atoms with E-state index in [4.69, 9.17) is 15.3 Å². The van der Waals surface area contributed by atoms with Gasteiger partial charge in [-0.3, -0.25) is 0 Å². The Balaban J connectivity index is 1.82. The molecule has 0 fully saturated rings. The van der Waals surface area contributed by atoms with Crippen molar-refractivity contribution in [3.8, 4) is 10.4 Å². The molecular formula is C31H29N3O5S. The Bertz CT molecular complexity index is 1520. The molecule has 0 aliphatic carbocycles. The van der Waals surface area contributed by atoms with Gasteiger partial charge in [-0.1, -0.05) is 101 Å². The Morgan fingerprint density at radius 2 is 1.50 bits per heavy atom. The number of carbonyl (C=O) groups excluding carboxylic acids is 1. The number of ether oxygens (including phenoxy) is 1. The smallest absolute Gasteiger partial charge is 0.376 e. The Hall–Kier alpha value is -4.76. The van der Waals surface area contributed by atoms with E-state index in [9.17, 15) is 14.7 Å². The second kappa shape index (κ2) is 12.0. The average Bonchev–Trinajstić information content (AvgIpc) is 3.30. The van der Waals surface area contributed by atoms with E-state index >= 15 is 0 Å². The summed E-state index contributed by atoms with van der Waals surface area (Å²) in [6.45, 7) is 8.57. The van der Waals surface area contributed by atoms with Crippen LogP contribution in [0.25, 0.3) is 10.4 Å². The molecule has 0 unspecified atom stereocenters. The molecule has 4 aromatic rings. The summed E-state index contributed by atoms with van der Waals surface area (Å²) in [5.74, 6) is -2.91. The third-order valence-electron chi connectivity index (χ3n) is 5.73. The summed E-state index contributed by atoms with van der Waals surface area (Å²) >= 11 is 1.14. The number of thiazole rings is 1. The van der Waals surface area contributed by atoms with Crippen LogP contribution in [0.5, 0.6) is 0 Å². The maximum atomic E-state index is 12.3. The number of hydrogen-bond acceptors (Lipinski definition) is 8. The van der Waals surface area contributed by atoms with Gasteiger partial charge in [-0.15, -0.1) is 0 Å². The largest absolute Gasteiger partial charge is 0.476 e. The maximum absolute atomic E-state index is 12.3. The molecule has 0 saturated carbocycles. The first-order chi connectivity index (χ1) is 19.0. The SMILES string of the molecule is C=C(ON=C(C(=O)O)c1nc(N)sc1-c1ccccc1C(c1ccccc1)c1ccccc1)C(=O)OC(C)(C)C. The van der Waals surface area contributed by atoms with E-state index < -0.39 is 29.0 Å². The molecule has 0 amide bonds. The first-order valence-corrected chi connectivity index (χ1v) is 13.2. The van der Waals surface area contributed by atoms with Crippen LogP contribution in [-0.2, 0) is 19.2 Å². The van der Waals surface area contributed by atoms with Crippen molar-refractivity contribution in [3.05, 3.63) is 120 Å². The summed E-state index contributed by atoms with van der Waals surface area (Å²) in [4.78, 5) is 34.5. The first kappa shape index (κ1) is 28.3. The summed E-state index contributed by atoms with van der Waals surface area (Å²) in [7, 11) is 0.